The number of hydrogen-bond donors (Lipinski definition) is 3. The quantitative estimate of drug-likeness (QED) is 0.433. The highest BCUT2D eigenvalue weighted by Gasteiger charge is 2.38. The van der Waals surface area contributed by atoms with Crippen molar-refractivity contribution in [3.05, 3.63) is 55.1 Å². The smallest absolute Gasteiger partial charge is 0.221 e. The van der Waals surface area contributed by atoms with Gasteiger partial charge in [0.2, 0.25) is 5.91 Å². The van der Waals surface area contributed by atoms with E-state index in [1.807, 2.05) is 35.1 Å². The molecule has 33 heavy (non-hydrogen) atoms. The topological polar surface area (TPSA) is 113 Å². The van der Waals surface area contributed by atoms with Gasteiger partial charge < -0.3 is 20.9 Å². The second kappa shape index (κ2) is 7.82. The van der Waals surface area contributed by atoms with Crippen LogP contribution in [0.2, 0.25) is 0 Å². The van der Waals surface area contributed by atoms with E-state index >= 15 is 0 Å². The summed E-state index contributed by atoms with van der Waals surface area (Å²) in [6, 6.07) is 10.8. The maximum absolute atomic E-state index is 11.6. The fraction of sp³-hybridized carbons (Fsp3) is 0.261. The average Bonchev–Trinajstić information content (AvgIpc) is 3.54. The number of benzene rings is 1. The zero-order chi connectivity index (χ0) is 22.4. The van der Waals surface area contributed by atoms with Crippen LogP contribution >= 0.6 is 0 Å². The third-order valence-corrected chi connectivity index (χ3v) is 6.14. The molecule has 6 rings (SSSR count). The molecule has 10 heteroatoms. The normalized spacial score (nSPS) is 19.2. The number of nitrogens with zero attached hydrogens (tertiary/aromatic N) is 6. The van der Waals surface area contributed by atoms with E-state index in [9.17, 15) is 4.79 Å². The molecule has 0 spiro atoms. The van der Waals surface area contributed by atoms with Gasteiger partial charge in [-0.05, 0) is 30.7 Å². The Bertz CT molecular complexity index is 1340. The van der Waals surface area contributed by atoms with Gasteiger partial charge in [0.05, 0.1) is 17.4 Å². The van der Waals surface area contributed by atoms with Gasteiger partial charge in [0.1, 0.15) is 11.6 Å². The lowest BCUT2D eigenvalue weighted by Crippen LogP contribution is -2.44. The van der Waals surface area contributed by atoms with Crippen molar-refractivity contribution in [1.82, 2.24) is 30.0 Å². The molecule has 2 aliphatic rings. The maximum Gasteiger partial charge on any atom is 0.221 e. The van der Waals surface area contributed by atoms with Crippen molar-refractivity contribution < 1.29 is 4.79 Å². The number of piperazine rings is 1. The molecule has 3 N–H and O–H groups in total. The minimum Gasteiger partial charge on any atom is -0.351 e. The van der Waals surface area contributed by atoms with Gasteiger partial charge in [-0.15, -0.1) is 5.10 Å². The first-order valence-corrected chi connectivity index (χ1v) is 10.9. The molecule has 1 aromatic carbocycles. The monoisotopic (exact) mass is 441 g/mol. The van der Waals surface area contributed by atoms with Crippen molar-refractivity contribution in [3.8, 4) is 5.69 Å². The largest absolute Gasteiger partial charge is 0.351 e. The van der Waals surface area contributed by atoms with Crippen LogP contribution in [0.25, 0.3) is 16.6 Å². The zero-order valence-electron chi connectivity index (χ0n) is 18.1. The molecule has 0 radical (unpaired) electrons. The summed E-state index contributed by atoms with van der Waals surface area (Å²) in [7, 11) is 0. The number of hydrogen-bond acceptors (Lipinski definition) is 8. The second-order valence-corrected chi connectivity index (χ2v) is 8.41. The summed E-state index contributed by atoms with van der Waals surface area (Å²) in [6.07, 6.45) is 7.89. The lowest BCUT2D eigenvalue weighted by atomic mass is 10.2. The van der Waals surface area contributed by atoms with E-state index in [0.717, 1.165) is 41.9 Å². The van der Waals surface area contributed by atoms with Crippen molar-refractivity contribution in [2.45, 2.75) is 25.4 Å². The molecule has 5 heterocycles. The third-order valence-electron chi connectivity index (χ3n) is 6.14. The number of amides is 1. The van der Waals surface area contributed by atoms with Crippen LogP contribution in [0.3, 0.4) is 0 Å². The number of aromatic nitrogens is 5. The Kier molecular flexibility index (Phi) is 4.65. The molecule has 1 amide bonds. The van der Waals surface area contributed by atoms with Gasteiger partial charge in [0.25, 0.3) is 0 Å². The Hall–Kier alpha value is -4.05. The first-order valence-electron chi connectivity index (χ1n) is 10.9. The van der Waals surface area contributed by atoms with Gasteiger partial charge in [-0.2, -0.15) is 0 Å². The predicted molar refractivity (Wildman–Crippen MR) is 126 cm³/mol. The molecule has 2 aliphatic heterocycles. The highest BCUT2D eigenvalue weighted by molar-refractivity contribution is 5.97. The molecule has 166 valence electrons. The number of nitrogens with one attached hydrogen (secondary N) is 3. The first kappa shape index (κ1) is 19.6. The van der Waals surface area contributed by atoms with Crippen LogP contribution in [0.4, 0.5) is 23.1 Å². The molecule has 0 unspecified atom stereocenters. The fourth-order valence-corrected chi connectivity index (χ4v) is 4.71. The summed E-state index contributed by atoms with van der Waals surface area (Å²) >= 11 is 0. The van der Waals surface area contributed by atoms with Gasteiger partial charge >= 0.3 is 0 Å². The molecule has 2 atom stereocenters. The molecule has 2 fully saturated rings. The van der Waals surface area contributed by atoms with Crippen molar-refractivity contribution in [2.75, 3.05) is 28.6 Å². The van der Waals surface area contributed by atoms with E-state index in [0.29, 0.717) is 29.4 Å². The van der Waals surface area contributed by atoms with Crippen molar-refractivity contribution in [3.63, 3.8) is 0 Å². The van der Waals surface area contributed by atoms with Crippen LogP contribution in [0.5, 0.6) is 0 Å². The summed E-state index contributed by atoms with van der Waals surface area (Å²) in [5.74, 6) is 2.09. The fourth-order valence-electron chi connectivity index (χ4n) is 4.71. The highest BCUT2D eigenvalue weighted by Crippen LogP contribution is 2.32. The average molecular weight is 441 g/mol. The summed E-state index contributed by atoms with van der Waals surface area (Å²) in [6.45, 7) is 3.46. The van der Waals surface area contributed by atoms with Crippen LogP contribution in [0, 0.1) is 0 Å². The summed E-state index contributed by atoms with van der Waals surface area (Å²) in [5.41, 5.74) is 2.46. The number of anilines is 4. The number of carbonyl (C=O) groups is 1. The first-order chi connectivity index (χ1) is 16.1. The Morgan fingerprint density at radius 3 is 2.85 bits per heavy atom. The number of rotatable bonds is 5. The SMILES string of the molecule is CC(=O)Nc1ccc2c(Nc3cnccn3)nn(-c3ccnc(N4C[C@@H]5C[C@H]4CN5)c3)c2c1. The van der Waals surface area contributed by atoms with Gasteiger partial charge in [0.15, 0.2) is 5.82 Å². The van der Waals surface area contributed by atoms with Crippen LogP contribution in [0.15, 0.2) is 55.1 Å². The molecule has 0 aliphatic carbocycles. The predicted octanol–water partition coefficient (Wildman–Crippen LogP) is 2.46. The summed E-state index contributed by atoms with van der Waals surface area (Å²) < 4.78 is 1.87. The molecule has 3 aromatic heterocycles. The molecular formula is C23H23N9O. The van der Waals surface area contributed by atoms with Crippen LogP contribution < -0.4 is 20.9 Å². The third kappa shape index (κ3) is 3.64. The summed E-state index contributed by atoms with van der Waals surface area (Å²) in [4.78, 5) is 27.1. The minimum absolute atomic E-state index is 0.123. The molecule has 10 nitrogen and oxygen atoms in total. The highest BCUT2D eigenvalue weighted by atomic mass is 16.1. The van der Waals surface area contributed by atoms with E-state index in [-0.39, 0.29) is 5.91 Å². The van der Waals surface area contributed by atoms with Gasteiger partial charge in [-0.1, -0.05) is 0 Å². The van der Waals surface area contributed by atoms with Gasteiger partial charge in [-0.3, -0.25) is 9.78 Å². The Labute approximate surface area is 190 Å². The number of pyridine rings is 1. The second-order valence-electron chi connectivity index (χ2n) is 8.41. The molecule has 0 saturated carbocycles. The number of fused-ring (bicyclic) bond motifs is 3. The van der Waals surface area contributed by atoms with Gasteiger partial charge in [0, 0.05) is 67.8 Å². The standard InChI is InChI=1S/C23H23N9O/c1-14(33)28-15-2-3-19-20(9-15)32(30-23(19)29-21-12-24-6-7-25-21)17-4-5-26-22(10-17)31-13-16-8-18(31)11-27-16/h2-7,9-10,12,16,18,27H,8,11,13H2,1H3,(H,28,33)(H,25,29,30)/t16-,18-/m0/s1. The van der Waals surface area contributed by atoms with Crippen molar-refractivity contribution in [1.29, 1.82) is 0 Å². The molecule has 2 saturated heterocycles. The zero-order valence-corrected chi connectivity index (χ0v) is 18.1. The Morgan fingerprint density at radius 2 is 2.09 bits per heavy atom. The van der Waals surface area contributed by atoms with Gasteiger partial charge in [-0.25, -0.2) is 14.6 Å². The van der Waals surface area contributed by atoms with E-state index in [1.165, 1.54) is 6.92 Å². The van der Waals surface area contributed by atoms with Crippen LogP contribution in [0.1, 0.15) is 13.3 Å². The lowest BCUT2D eigenvalue weighted by Gasteiger charge is -2.28. The van der Waals surface area contributed by atoms with Crippen LogP contribution in [-0.2, 0) is 4.79 Å². The molecule has 4 aromatic rings. The van der Waals surface area contributed by atoms with Crippen molar-refractivity contribution >= 4 is 40.0 Å². The maximum atomic E-state index is 11.6. The van der Waals surface area contributed by atoms with Crippen LogP contribution in [-0.4, -0.2) is 55.8 Å². The Morgan fingerprint density at radius 1 is 1.15 bits per heavy atom. The Balaban J connectivity index is 1.44. The minimum atomic E-state index is -0.123. The van der Waals surface area contributed by atoms with Crippen molar-refractivity contribution in [2.24, 2.45) is 0 Å². The van der Waals surface area contributed by atoms with E-state index < -0.39 is 0 Å². The molecular weight excluding hydrogens is 418 g/mol. The van der Waals surface area contributed by atoms with E-state index in [2.05, 4.69) is 41.9 Å². The summed E-state index contributed by atoms with van der Waals surface area (Å²) in [5, 5.41) is 15.4. The lowest BCUT2D eigenvalue weighted by molar-refractivity contribution is -0.114. The number of carbonyl (C=O) groups excluding carboxylic acids is 1. The molecule has 2 bridgehead atoms. The van der Waals surface area contributed by atoms with E-state index in [1.54, 1.807) is 18.6 Å². The van der Waals surface area contributed by atoms with E-state index in [4.69, 9.17) is 5.10 Å².